The molecule has 0 bridgehead atoms. The Bertz CT molecular complexity index is 3550. The average molecular weight is 1230 g/mol. The fourth-order valence-corrected chi connectivity index (χ4v) is 11.4. The highest BCUT2D eigenvalue weighted by Gasteiger charge is 2.48. The van der Waals surface area contributed by atoms with Gasteiger partial charge in [0.05, 0.1) is 50.3 Å². The van der Waals surface area contributed by atoms with Crippen LogP contribution < -0.4 is 47.0 Å². The number of aryl methyl sites for hydroxylation is 4. The van der Waals surface area contributed by atoms with E-state index in [1.165, 1.54) is 33.6 Å². The van der Waals surface area contributed by atoms with Crippen LogP contribution >= 0.6 is 0 Å². The summed E-state index contributed by atoms with van der Waals surface area (Å²) in [6.07, 6.45) is 6.22. The number of alkyl halides is 12. The SMILES string of the molecule is COc1ccc2cc3[n+](cc2c1OC)CCc1cc2c(cc1-3)OCO2.COc1ccc2cc3[n+](cc2c1OC)CCc1cc2c(cc1-3)OCO2.O=S(=O)([N-]S(=O)(=O)C(F)(F)F)C(F)(F)F.O=S(=O)([N-]S(=O)(=O)C(F)(F)F)C(F)(F)F. The molecule has 4 aromatic carbocycles. The minimum Gasteiger partial charge on any atom is -0.493 e. The maximum atomic E-state index is 11.4. The molecule has 0 fully saturated rings. The number of hydrogen-bond donors (Lipinski definition) is 0. The summed E-state index contributed by atoms with van der Waals surface area (Å²) >= 11 is 0. The molecule has 10 rings (SSSR count). The van der Waals surface area contributed by atoms with Crippen LogP contribution in [0.25, 0.3) is 52.3 Å². The van der Waals surface area contributed by atoms with E-state index in [2.05, 4.69) is 70.1 Å². The number of sulfonamides is 4. The molecule has 36 heteroatoms. The fourth-order valence-electron chi connectivity index (χ4n) is 7.96. The highest BCUT2D eigenvalue weighted by atomic mass is 32.3. The van der Waals surface area contributed by atoms with Crippen molar-refractivity contribution in [3.63, 3.8) is 0 Å². The number of pyridine rings is 2. The zero-order valence-electron chi connectivity index (χ0n) is 40.7. The van der Waals surface area contributed by atoms with Gasteiger partial charge in [-0.25, -0.2) is 33.7 Å². The van der Waals surface area contributed by atoms with Crippen LogP contribution in [0.4, 0.5) is 52.7 Å². The van der Waals surface area contributed by atoms with Crippen LogP contribution in [0, 0.1) is 0 Å². The zero-order valence-corrected chi connectivity index (χ0v) is 43.9. The summed E-state index contributed by atoms with van der Waals surface area (Å²) in [6, 6.07) is 20.8. The Morgan fingerprint density at radius 3 is 1.01 bits per heavy atom. The molecule has 4 aliphatic rings. The van der Waals surface area contributed by atoms with Crippen LogP contribution in [0.5, 0.6) is 46.0 Å². The summed E-state index contributed by atoms with van der Waals surface area (Å²) < 4.78 is 267. The molecule has 80 heavy (non-hydrogen) atoms. The van der Waals surface area contributed by atoms with Crippen molar-refractivity contribution in [1.29, 1.82) is 0 Å². The molecule has 4 aliphatic heterocycles. The number of methoxy groups -OCH3 is 4. The van der Waals surface area contributed by atoms with Gasteiger partial charge in [-0.1, -0.05) is 0 Å². The summed E-state index contributed by atoms with van der Waals surface area (Å²) in [7, 11) is -20.2. The van der Waals surface area contributed by atoms with E-state index >= 15 is 0 Å². The van der Waals surface area contributed by atoms with Gasteiger partial charge < -0.3 is 46.1 Å². The molecule has 2 aromatic heterocycles. The van der Waals surface area contributed by atoms with E-state index < -0.39 is 62.1 Å². The first kappa shape index (κ1) is 60.6. The second kappa shape index (κ2) is 21.8. The summed E-state index contributed by atoms with van der Waals surface area (Å²) in [5.74, 6) is 6.36. The third-order valence-electron chi connectivity index (χ3n) is 11.6. The van der Waals surface area contributed by atoms with Crippen LogP contribution in [0.15, 0.2) is 73.1 Å². The molecule has 0 radical (unpaired) electrons. The Morgan fingerprint density at radius 2 is 0.738 bits per heavy atom. The number of aromatic nitrogens is 2. The molecule has 0 saturated carbocycles. The van der Waals surface area contributed by atoms with Gasteiger partial charge in [0, 0.05) is 25.0 Å². The Balaban J connectivity index is 0.000000160. The molecular formula is C44H36F12N4O16S4. The van der Waals surface area contributed by atoms with Crippen LogP contribution in [-0.4, -0.2) is 97.7 Å². The molecule has 0 saturated heterocycles. The fraction of sp³-hybridized carbons (Fsp3) is 0.318. The van der Waals surface area contributed by atoms with Gasteiger partial charge >= 0.3 is 22.0 Å². The lowest BCUT2D eigenvalue weighted by Crippen LogP contribution is -2.40. The molecule has 6 heterocycles. The van der Waals surface area contributed by atoms with Gasteiger partial charge in [-0.2, -0.15) is 61.8 Å². The van der Waals surface area contributed by atoms with Crippen LogP contribution in [0.3, 0.4) is 0 Å². The molecule has 436 valence electrons. The Labute approximate surface area is 444 Å². The predicted octanol–water partition coefficient (Wildman–Crippen LogP) is 8.31. The monoisotopic (exact) mass is 1230 g/mol. The number of benzene rings is 4. The first-order valence-corrected chi connectivity index (χ1v) is 27.5. The van der Waals surface area contributed by atoms with Crippen molar-refractivity contribution < 1.29 is 133 Å². The smallest absolute Gasteiger partial charge is 0.480 e. The molecular weight excluding hydrogens is 1200 g/mol. The lowest BCUT2D eigenvalue weighted by Gasteiger charge is -2.22. The number of rotatable bonds is 8. The van der Waals surface area contributed by atoms with Crippen molar-refractivity contribution in [2.75, 3.05) is 42.0 Å². The number of halogens is 12. The van der Waals surface area contributed by atoms with Gasteiger partial charge in [-0.3, -0.25) is 0 Å². The van der Waals surface area contributed by atoms with Crippen molar-refractivity contribution in [3.8, 4) is 68.5 Å². The molecule has 20 nitrogen and oxygen atoms in total. The summed E-state index contributed by atoms with van der Waals surface area (Å²) in [5, 5.41) is 4.34. The first-order chi connectivity index (χ1) is 37.0. The molecule has 6 aromatic rings. The van der Waals surface area contributed by atoms with E-state index in [9.17, 15) is 86.4 Å². The maximum absolute atomic E-state index is 11.4. The second-order valence-corrected chi connectivity index (χ2v) is 23.2. The van der Waals surface area contributed by atoms with E-state index in [1.54, 1.807) is 28.4 Å². The van der Waals surface area contributed by atoms with E-state index in [4.69, 9.17) is 37.9 Å². The van der Waals surface area contributed by atoms with E-state index in [0.717, 1.165) is 102 Å². The number of hydrogen-bond acceptors (Lipinski definition) is 16. The minimum absolute atomic E-state index is 0.299. The normalized spacial score (nSPS) is 14.6. The molecule has 0 amide bonds. The number of ether oxygens (including phenoxy) is 8. The molecule has 0 aliphatic carbocycles. The zero-order chi connectivity index (χ0) is 59.3. The molecule has 0 unspecified atom stereocenters. The van der Waals surface area contributed by atoms with Crippen LogP contribution in [0.2, 0.25) is 0 Å². The van der Waals surface area contributed by atoms with E-state index in [0.29, 0.717) is 13.6 Å². The average Bonchev–Trinajstić information content (AvgIpc) is 4.03. The number of nitrogens with zero attached hydrogens (tertiary/aromatic N) is 4. The maximum Gasteiger partial charge on any atom is 0.480 e. The lowest BCUT2D eigenvalue weighted by molar-refractivity contribution is -0.686. The van der Waals surface area contributed by atoms with Crippen molar-refractivity contribution in [2.24, 2.45) is 0 Å². The van der Waals surface area contributed by atoms with Crippen LogP contribution in [-0.2, 0) is 66.0 Å². The van der Waals surface area contributed by atoms with E-state index in [-0.39, 0.29) is 0 Å². The van der Waals surface area contributed by atoms with Gasteiger partial charge in [0.1, 0.15) is 0 Å². The lowest BCUT2D eigenvalue weighted by atomic mass is 9.95. The van der Waals surface area contributed by atoms with Gasteiger partial charge in [-0.15, -0.1) is 0 Å². The predicted molar refractivity (Wildman–Crippen MR) is 252 cm³/mol. The van der Waals surface area contributed by atoms with Gasteiger partial charge in [0.15, 0.2) is 112 Å². The highest BCUT2D eigenvalue weighted by molar-refractivity contribution is 8.13. The molecule has 0 atom stereocenters. The van der Waals surface area contributed by atoms with Gasteiger partial charge in [-0.05, 0) is 70.4 Å². The van der Waals surface area contributed by atoms with Gasteiger partial charge in [0.25, 0.3) is 0 Å². The topological polar surface area (TPSA) is 246 Å². The first-order valence-electron chi connectivity index (χ1n) is 21.7. The molecule has 0 spiro atoms. The summed E-state index contributed by atoms with van der Waals surface area (Å²) in [5.41, 5.74) is -17.5. The van der Waals surface area contributed by atoms with Crippen molar-refractivity contribution >= 4 is 61.6 Å². The summed E-state index contributed by atoms with van der Waals surface area (Å²) in [6.45, 7) is 2.43. The van der Waals surface area contributed by atoms with Crippen molar-refractivity contribution in [2.45, 2.75) is 48.0 Å². The van der Waals surface area contributed by atoms with Crippen molar-refractivity contribution in [3.05, 3.63) is 92.4 Å². The quantitative estimate of drug-likeness (QED) is 0.103. The standard InChI is InChI=1S/2C20H18NO4.2C2F6NO4S2/c2*1-22-17-4-3-12-7-16-14-9-19-18(24-11-25-19)8-13(14)5-6-21(16)10-15(12)20(17)23-2;2*3-1(4,5)14(10,11)9-15(12,13)2(6,7)8/h2*3-4,7-10H,5-6,11H2,1-2H3;;/q2*+1;2*-1. The largest absolute Gasteiger partial charge is 0.493 e. The Kier molecular flexibility index (Phi) is 16.5. The minimum atomic E-state index is -6.72. The van der Waals surface area contributed by atoms with Crippen LogP contribution in [0.1, 0.15) is 11.1 Å². The van der Waals surface area contributed by atoms with Crippen molar-refractivity contribution in [1.82, 2.24) is 0 Å². The highest BCUT2D eigenvalue weighted by Crippen LogP contribution is 2.44. The van der Waals surface area contributed by atoms with Gasteiger partial charge in [0.2, 0.25) is 25.0 Å². The third kappa shape index (κ3) is 12.2. The third-order valence-corrected chi connectivity index (χ3v) is 17.0. The molecule has 0 N–H and O–H groups in total. The van der Waals surface area contributed by atoms with E-state index in [1.807, 2.05) is 12.1 Å². The second-order valence-electron chi connectivity index (χ2n) is 16.4. The Hall–Kier alpha value is -7.02. The number of fused-ring (bicyclic) bond motifs is 10. The Morgan fingerprint density at radius 1 is 0.438 bits per heavy atom. The summed E-state index contributed by atoms with van der Waals surface area (Å²) in [4.78, 5) is 0.